The third-order valence-electron chi connectivity index (χ3n) is 2.43. The Kier molecular flexibility index (Phi) is 5.68. The molecule has 7 heteroatoms. The molecule has 1 rings (SSSR count). The molecule has 0 saturated carbocycles. The molecule has 3 N–H and O–H groups in total. The molecular weight excluding hydrogens is 275 g/mol. The second-order valence-electron chi connectivity index (χ2n) is 4.15. The Hall–Kier alpha value is -1.21. The summed E-state index contributed by atoms with van der Waals surface area (Å²) in [5, 5.41) is 7.33. The molecule has 0 spiro atoms. The van der Waals surface area contributed by atoms with Crippen molar-refractivity contribution in [2.45, 2.75) is 12.1 Å². The molecule has 0 bridgehead atoms. The van der Waals surface area contributed by atoms with Crippen molar-refractivity contribution in [1.29, 1.82) is 5.41 Å². The van der Waals surface area contributed by atoms with E-state index in [-0.39, 0.29) is 23.4 Å². The van der Waals surface area contributed by atoms with Crippen molar-refractivity contribution in [3.8, 4) is 0 Å². The number of amidine groups is 1. The lowest BCUT2D eigenvalue weighted by atomic mass is 10.1. The Morgan fingerprint density at radius 3 is 2.68 bits per heavy atom. The summed E-state index contributed by atoms with van der Waals surface area (Å²) in [6, 6.07) is 7.14. The second kappa shape index (κ2) is 6.81. The van der Waals surface area contributed by atoms with Crippen LogP contribution in [0, 0.1) is 5.41 Å². The number of nitrogens with two attached hydrogens (primary N) is 1. The quantitative estimate of drug-likeness (QED) is 0.626. The molecule has 0 radical (unpaired) electrons. The lowest BCUT2D eigenvalue weighted by Crippen LogP contribution is -2.22. The third-order valence-corrected chi connectivity index (χ3v) is 3.14. The van der Waals surface area contributed by atoms with Crippen LogP contribution in [0.3, 0.4) is 0 Å². The van der Waals surface area contributed by atoms with Gasteiger partial charge in [-0.05, 0) is 30.4 Å². The number of halogens is 3. The Morgan fingerprint density at radius 2 is 2.11 bits per heavy atom. The van der Waals surface area contributed by atoms with Gasteiger partial charge in [-0.3, -0.25) is 5.41 Å². The second-order valence-corrected chi connectivity index (χ2v) is 5.31. The normalized spacial score (nSPS) is 11.8. The van der Waals surface area contributed by atoms with E-state index in [4.69, 9.17) is 11.1 Å². The van der Waals surface area contributed by atoms with Crippen LogP contribution >= 0.6 is 11.8 Å². The first kappa shape index (κ1) is 15.8. The van der Waals surface area contributed by atoms with Crippen LogP contribution in [0.1, 0.15) is 11.1 Å². The zero-order chi connectivity index (χ0) is 14.5. The van der Waals surface area contributed by atoms with E-state index in [0.29, 0.717) is 18.7 Å². The Bertz CT molecular complexity index is 434. The maximum atomic E-state index is 12.0. The summed E-state index contributed by atoms with van der Waals surface area (Å²) >= 11 is -0.0153. The summed E-state index contributed by atoms with van der Waals surface area (Å²) < 4.78 is 35.9. The minimum atomic E-state index is -4.17. The van der Waals surface area contributed by atoms with Gasteiger partial charge in [0.1, 0.15) is 5.84 Å². The fourth-order valence-corrected chi connectivity index (χ4v) is 2.18. The van der Waals surface area contributed by atoms with Gasteiger partial charge in [0, 0.05) is 24.4 Å². The van der Waals surface area contributed by atoms with Gasteiger partial charge in [-0.25, -0.2) is 0 Å². The first-order chi connectivity index (χ1) is 8.78. The number of nitrogen functional groups attached to an aromatic ring is 1. The van der Waals surface area contributed by atoms with E-state index >= 15 is 0 Å². The van der Waals surface area contributed by atoms with Crippen LogP contribution in [0.15, 0.2) is 24.3 Å². The molecule has 1 aromatic rings. The van der Waals surface area contributed by atoms with Crippen LogP contribution in [0.4, 0.5) is 13.2 Å². The van der Waals surface area contributed by atoms with Gasteiger partial charge < -0.3 is 10.6 Å². The molecule has 0 amide bonds. The van der Waals surface area contributed by atoms with Gasteiger partial charge in [0.15, 0.2) is 0 Å². The van der Waals surface area contributed by atoms with E-state index in [1.54, 1.807) is 30.1 Å². The molecule has 0 aliphatic heterocycles. The highest BCUT2D eigenvalue weighted by atomic mass is 32.2. The number of nitrogens with zero attached hydrogens (tertiary/aromatic N) is 1. The maximum absolute atomic E-state index is 12.0. The largest absolute Gasteiger partial charge is 0.441 e. The molecule has 106 valence electrons. The lowest BCUT2D eigenvalue weighted by molar-refractivity contribution is -0.0328. The number of benzene rings is 1. The van der Waals surface area contributed by atoms with E-state index in [1.807, 2.05) is 6.07 Å². The van der Waals surface area contributed by atoms with Crippen LogP contribution in [0.5, 0.6) is 0 Å². The van der Waals surface area contributed by atoms with Crippen molar-refractivity contribution in [2.75, 3.05) is 19.3 Å². The molecule has 0 heterocycles. The van der Waals surface area contributed by atoms with Crippen LogP contribution in [-0.4, -0.2) is 35.6 Å². The molecule has 0 aliphatic carbocycles. The molecule has 0 atom stereocenters. The van der Waals surface area contributed by atoms with Crippen LogP contribution in [0.25, 0.3) is 0 Å². The predicted molar refractivity (Wildman–Crippen MR) is 72.3 cm³/mol. The van der Waals surface area contributed by atoms with Crippen molar-refractivity contribution in [2.24, 2.45) is 5.73 Å². The summed E-state index contributed by atoms with van der Waals surface area (Å²) in [4.78, 5) is 1.80. The van der Waals surface area contributed by atoms with Crippen molar-refractivity contribution in [3.63, 3.8) is 0 Å². The monoisotopic (exact) mass is 291 g/mol. The van der Waals surface area contributed by atoms with E-state index in [0.717, 1.165) is 5.56 Å². The van der Waals surface area contributed by atoms with E-state index in [9.17, 15) is 13.2 Å². The van der Waals surface area contributed by atoms with E-state index < -0.39 is 5.51 Å². The highest BCUT2D eigenvalue weighted by Gasteiger charge is 2.27. The number of rotatable bonds is 6. The SMILES string of the molecule is CN(CCSC(F)(F)F)Cc1cccc(C(=N)N)c1. The predicted octanol–water partition coefficient (Wildman–Crippen LogP) is 2.66. The van der Waals surface area contributed by atoms with E-state index in [1.165, 1.54) is 0 Å². The summed E-state index contributed by atoms with van der Waals surface area (Å²) in [6.45, 7) is 0.869. The topological polar surface area (TPSA) is 53.1 Å². The van der Waals surface area contributed by atoms with Crippen molar-refractivity contribution in [1.82, 2.24) is 4.90 Å². The summed E-state index contributed by atoms with van der Waals surface area (Å²) in [5.74, 6) is -0.0102. The average molecular weight is 291 g/mol. The van der Waals surface area contributed by atoms with Crippen molar-refractivity contribution >= 4 is 17.6 Å². The van der Waals surface area contributed by atoms with Gasteiger partial charge in [0.25, 0.3) is 0 Å². The molecule has 1 aromatic carbocycles. The number of hydrogen-bond donors (Lipinski definition) is 2. The molecular formula is C12H16F3N3S. The highest BCUT2D eigenvalue weighted by molar-refractivity contribution is 8.00. The minimum Gasteiger partial charge on any atom is -0.384 e. The van der Waals surface area contributed by atoms with E-state index in [2.05, 4.69) is 0 Å². The van der Waals surface area contributed by atoms with Crippen molar-refractivity contribution < 1.29 is 13.2 Å². The first-order valence-electron chi connectivity index (χ1n) is 5.60. The van der Waals surface area contributed by atoms with Gasteiger partial charge in [0.05, 0.1) is 0 Å². The van der Waals surface area contributed by atoms with Crippen LogP contribution in [0.2, 0.25) is 0 Å². The molecule has 0 unspecified atom stereocenters. The van der Waals surface area contributed by atoms with Crippen molar-refractivity contribution in [3.05, 3.63) is 35.4 Å². The minimum absolute atomic E-state index is 0.00635. The third kappa shape index (κ3) is 6.49. The van der Waals surface area contributed by atoms with Crippen LogP contribution in [-0.2, 0) is 6.54 Å². The Labute approximate surface area is 114 Å². The summed E-state index contributed by atoms with van der Waals surface area (Å²) in [6.07, 6.45) is 0. The summed E-state index contributed by atoms with van der Waals surface area (Å²) in [7, 11) is 1.76. The number of alkyl halides is 3. The number of hydrogen-bond acceptors (Lipinski definition) is 3. The standard InChI is InChI=1S/C12H16F3N3S/c1-18(5-6-19-12(13,14)15)8-9-3-2-4-10(7-9)11(16)17/h2-4,7H,5-6,8H2,1H3,(H3,16,17). The number of nitrogens with one attached hydrogen (secondary N) is 1. The van der Waals surface area contributed by atoms with Crippen LogP contribution < -0.4 is 5.73 Å². The lowest BCUT2D eigenvalue weighted by Gasteiger charge is -2.17. The fraction of sp³-hybridized carbons (Fsp3) is 0.417. The molecule has 0 saturated heterocycles. The Morgan fingerprint density at radius 1 is 1.42 bits per heavy atom. The maximum Gasteiger partial charge on any atom is 0.441 e. The summed E-state index contributed by atoms with van der Waals surface area (Å²) in [5.41, 5.74) is 2.76. The fourth-order valence-electron chi connectivity index (χ4n) is 1.55. The van der Waals surface area contributed by atoms with Gasteiger partial charge >= 0.3 is 5.51 Å². The smallest absolute Gasteiger partial charge is 0.384 e. The number of thioether (sulfide) groups is 1. The molecule has 19 heavy (non-hydrogen) atoms. The zero-order valence-electron chi connectivity index (χ0n) is 10.5. The van der Waals surface area contributed by atoms with Gasteiger partial charge in [0.2, 0.25) is 0 Å². The molecule has 0 aliphatic rings. The molecule has 3 nitrogen and oxygen atoms in total. The van der Waals surface area contributed by atoms with Gasteiger partial charge in [-0.2, -0.15) is 13.2 Å². The van der Waals surface area contributed by atoms with Gasteiger partial charge in [-0.15, -0.1) is 0 Å². The Balaban J connectivity index is 2.46. The highest BCUT2D eigenvalue weighted by Crippen LogP contribution is 2.29. The molecule has 0 fully saturated rings. The molecule has 0 aromatic heterocycles. The van der Waals surface area contributed by atoms with Gasteiger partial charge in [-0.1, -0.05) is 18.2 Å². The first-order valence-corrected chi connectivity index (χ1v) is 6.59. The zero-order valence-corrected chi connectivity index (χ0v) is 11.3. The average Bonchev–Trinajstić information content (AvgIpc) is 2.27.